The van der Waals surface area contributed by atoms with Crippen molar-refractivity contribution in [1.29, 1.82) is 0 Å². The Kier molecular flexibility index (Phi) is 3.26. The summed E-state index contributed by atoms with van der Waals surface area (Å²) in [6.45, 7) is 4.23. The molecule has 1 fully saturated rings. The van der Waals surface area contributed by atoms with Crippen molar-refractivity contribution in [1.82, 2.24) is 10.3 Å². The van der Waals surface area contributed by atoms with Crippen molar-refractivity contribution in [2.24, 2.45) is 0 Å². The standard InChI is InChI=1S/C11H16BrN3/c1-8-3-5-14-11(10(8)12)15-6-4-9(7-15)13-2/h3,5,9,13H,4,6-7H2,1-2H3. The van der Waals surface area contributed by atoms with Gasteiger partial charge in [0.25, 0.3) is 0 Å². The van der Waals surface area contributed by atoms with Crippen LogP contribution in [0.2, 0.25) is 0 Å². The van der Waals surface area contributed by atoms with Gasteiger partial charge >= 0.3 is 0 Å². The Morgan fingerprint density at radius 3 is 3.07 bits per heavy atom. The van der Waals surface area contributed by atoms with E-state index in [1.807, 2.05) is 19.3 Å². The summed E-state index contributed by atoms with van der Waals surface area (Å²) in [5, 5.41) is 3.31. The van der Waals surface area contributed by atoms with Crippen LogP contribution in [-0.2, 0) is 0 Å². The Labute approximate surface area is 99.0 Å². The number of halogens is 1. The Balaban J connectivity index is 2.20. The number of pyridine rings is 1. The van der Waals surface area contributed by atoms with E-state index in [0.717, 1.165) is 23.4 Å². The number of nitrogens with one attached hydrogen (secondary N) is 1. The maximum Gasteiger partial charge on any atom is 0.143 e. The predicted molar refractivity (Wildman–Crippen MR) is 66.4 cm³/mol. The van der Waals surface area contributed by atoms with Crippen molar-refractivity contribution in [2.45, 2.75) is 19.4 Å². The highest BCUT2D eigenvalue weighted by Gasteiger charge is 2.23. The van der Waals surface area contributed by atoms with Crippen LogP contribution in [-0.4, -0.2) is 31.2 Å². The number of nitrogens with zero attached hydrogens (tertiary/aromatic N) is 2. The first-order chi connectivity index (χ1) is 7.22. The number of hydrogen-bond donors (Lipinski definition) is 1. The topological polar surface area (TPSA) is 28.2 Å². The molecule has 1 N–H and O–H groups in total. The average molecular weight is 270 g/mol. The highest BCUT2D eigenvalue weighted by Crippen LogP contribution is 2.29. The van der Waals surface area contributed by atoms with E-state index in [4.69, 9.17) is 0 Å². The zero-order valence-electron chi connectivity index (χ0n) is 9.13. The molecule has 0 saturated carbocycles. The molecule has 0 spiro atoms. The van der Waals surface area contributed by atoms with Crippen molar-refractivity contribution in [3.05, 3.63) is 22.3 Å². The van der Waals surface area contributed by atoms with Gasteiger partial charge in [0.15, 0.2) is 0 Å². The van der Waals surface area contributed by atoms with Gasteiger partial charge in [-0.25, -0.2) is 4.98 Å². The summed E-state index contributed by atoms with van der Waals surface area (Å²) >= 11 is 3.61. The van der Waals surface area contributed by atoms with Gasteiger partial charge in [-0.2, -0.15) is 0 Å². The van der Waals surface area contributed by atoms with Gasteiger partial charge < -0.3 is 10.2 Å². The van der Waals surface area contributed by atoms with Gasteiger partial charge in [-0.15, -0.1) is 0 Å². The van der Waals surface area contributed by atoms with E-state index >= 15 is 0 Å². The molecule has 0 bridgehead atoms. The molecule has 82 valence electrons. The summed E-state index contributed by atoms with van der Waals surface area (Å²) in [4.78, 5) is 6.77. The van der Waals surface area contributed by atoms with Crippen LogP contribution >= 0.6 is 15.9 Å². The lowest BCUT2D eigenvalue weighted by Crippen LogP contribution is -2.30. The molecular weight excluding hydrogens is 254 g/mol. The van der Waals surface area contributed by atoms with Crippen LogP contribution in [0.15, 0.2) is 16.7 Å². The van der Waals surface area contributed by atoms with E-state index in [0.29, 0.717) is 6.04 Å². The molecule has 0 aliphatic carbocycles. The zero-order valence-corrected chi connectivity index (χ0v) is 10.7. The van der Waals surface area contributed by atoms with Crippen molar-refractivity contribution in [2.75, 3.05) is 25.0 Å². The Hall–Kier alpha value is -0.610. The molecule has 0 radical (unpaired) electrons. The lowest BCUT2D eigenvalue weighted by Gasteiger charge is -2.19. The third kappa shape index (κ3) is 2.16. The second kappa shape index (κ2) is 4.49. The molecule has 1 saturated heterocycles. The van der Waals surface area contributed by atoms with E-state index in [1.165, 1.54) is 12.0 Å². The summed E-state index contributed by atoms with van der Waals surface area (Å²) in [5.41, 5.74) is 1.24. The number of aryl methyl sites for hydroxylation is 1. The highest BCUT2D eigenvalue weighted by molar-refractivity contribution is 9.10. The molecule has 1 aliphatic heterocycles. The number of anilines is 1. The van der Waals surface area contributed by atoms with Gasteiger partial charge in [-0.3, -0.25) is 0 Å². The van der Waals surface area contributed by atoms with E-state index in [1.54, 1.807) is 0 Å². The fourth-order valence-electron chi connectivity index (χ4n) is 1.93. The maximum atomic E-state index is 4.44. The first-order valence-electron chi connectivity index (χ1n) is 5.25. The number of hydrogen-bond acceptors (Lipinski definition) is 3. The Bertz CT molecular complexity index is 354. The largest absolute Gasteiger partial charge is 0.354 e. The summed E-state index contributed by atoms with van der Waals surface area (Å²) in [6.07, 6.45) is 3.07. The lowest BCUT2D eigenvalue weighted by molar-refractivity contribution is 0.616. The molecule has 2 heterocycles. The van der Waals surface area contributed by atoms with Crippen molar-refractivity contribution < 1.29 is 0 Å². The molecule has 1 aromatic heterocycles. The predicted octanol–water partition coefficient (Wildman–Crippen LogP) is 1.95. The molecule has 1 unspecified atom stereocenters. The van der Waals surface area contributed by atoms with Crippen molar-refractivity contribution in [3.63, 3.8) is 0 Å². The van der Waals surface area contributed by atoms with Gasteiger partial charge in [0.2, 0.25) is 0 Å². The van der Waals surface area contributed by atoms with Gasteiger partial charge in [0.05, 0.1) is 4.47 Å². The normalized spacial score (nSPS) is 21.0. The average Bonchev–Trinajstić information content (AvgIpc) is 2.70. The smallest absolute Gasteiger partial charge is 0.143 e. The maximum absolute atomic E-state index is 4.44. The van der Waals surface area contributed by atoms with Gasteiger partial charge in [-0.1, -0.05) is 0 Å². The monoisotopic (exact) mass is 269 g/mol. The number of likely N-dealkylation sites (N-methyl/N-ethyl adjacent to an activating group) is 1. The summed E-state index contributed by atoms with van der Waals surface area (Å²) in [5.74, 6) is 1.08. The highest BCUT2D eigenvalue weighted by atomic mass is 79.9. The third-order valence-electron chi connectivity index (χ3n) is 2.96. The Morgan fingerprint density at radius 2 is 2.40 bits per heavy atom. The van der Waals surface area contributed by atoms with Crippen LogP contribution < -0.4 is 10.2 Å². The molecular formula is C11H16BrN3. The van der Waals surface area contributed by atoms with Crippen LogP contribution in [0.5, 0.6) is 0 Å². The Morgan fingerprint density at radius 1 is 1.60 bits per heavy atom. The van der Waals surface area contributed by atoms with Gasteiger partial charge in [0.1, 0.15) is 5.82 Å². The number of rotatable bonds is 2. The van der Waals surface area contributed by atoms with Crippen LogP contribution in [0.3, 0.4) is 0 Å². The molecule has 1 aliphatic rings. The van der Waals surface area contributed by atoms with Crippen LogP contribution in [0.1, 0.15) is 12.0 Å². The molecule has 0 amide bonds. The summed E-state index contributed by atoms with van der Waals surface area (Å²) in [6, 6.07) is 2.62. The second-order valence-electron chi connectivity index (χ2n) is 3.99. The first-order valence-corrected chi connectivity index (χ1v) is 6.05. The quantitative estimate of drug-likeness (QED) is 0.890. The van der Waals surface area contributed by atoms with Crippen molar-refractivity contribution >= 4 is 21.7 Å². The molecule has 4 heteroatoms. The van der Waals surface area contributed by atoms with Crippen LogP contribution in [0.4, 0.5) is 5.82 Å². The van der Waals surface area contributed by atoms with Gasteiger partial charge in [-0.05, 0) is 48.0 Å². The molecule has 3 nitrogen and oxygen atoms in total. The van der Waals surface area contributed by atoms with Crippen LogP contribution in [0.25, 0.3) is 0 Å². The van der Waals surface area contributed by atoms with E-state index < -0.39 is 0 Å². The van der Waals surface area contributed by atoms with Crippen molar-refractivity contribution in [3.8, 4) is 0 Å². The molecule has 1 aromatic rings. The third-order valence-corrected chi connectivity index (χ3v) is 3.94. The zero-order chi connectivity index (χ0) is 10.8. The van der Waals surface area contributed by atoms with E-state index in [2.05, 4.69) is 38.1 Å². The fourth-order valence-corrected chi connectivity index (χ4v) is 2.42. The fraction of sp³-hybridized carbons (Fsp3) is 0.545. The molecule has 15 heavy (non-hydrogen) atoms. The molecule has 1 atom stereocenters. The number of aromatic nitrogens is 1. The molecule has 0 aromatic carbocycles. The minimum Gasteiger partial charge on any atom is -0.354 e. The molecule has 2 rings (SSSR count). The van der Waals surface area contributed by atoms with Gasteiger partial charge in [0, 0.05) is 25.3 Å². The second-order valence-corrected chi connectivity index (χ2v) is 4.78. The SMILES string of the molecule is CNC1CCN(c2nccc(C)c2Br)C1. The van der Waals surface area contributed by atoms with E-state index in [-0.39, 0.29) is 0 Å². The van der Waals surface area contributed by atoms with Crippen LogP contribution in [0, 0.1) is 6.92 Å². The summed E-state index contributed by atoms with van der Waals surface area (Å²) < 4.78 is 1.13. The summed E-state index contributed by atoms with van der Waals surface area (Å²) in [7, 11) is 2.02. The minimum atomic E-state index is 0.596. The minimum absolute atomic E-state index is 0.596. The lowest BCUT2D eigenvalue weighted by atomic mass is 10.3. The van der Waals surface area contributed by atoms with E-state index in [9.17, 15) is 0 Å². The first kappa shape index (κ1) is 10.9.